The summed E-state index contributed by atoms with van der Waals surface area (Å²) in [7, 11) is -2.00. The molecule has 218 valence electrons. The van der Waals surface area contributed by atoms with Crippen LogP contribution in [0.1, 0.15) is 36.5 Å². The molecule has 2 aliphatic rings. The number of nitrogens with zero attached hydrogens (tertiary/aromatic N) is 1. The number of aliphatic hydroxyl groups is 1. The van der Waals surface area contributed by atoms with Gasteiger partial charge in [0.2, 0.25) is 5.91 Å². The van der Waals surface area contributed by atoms with Gasteiger partial charge in [0.25, 0.3) is 5.60 Å². The maximum absolute atomic E-state index is 13.7. The van der Waals surface area contributed by atoms with Crippen LogP contribution in [0.25, 0.3) is 0 Å². The fourth-order valence-electron chi connectivity index (χ4n) is 4.79. The number of halogens is 6. The van der Waals surface area contributed by atoms with E-state index >= 15 is 0 Å². The van der Waals surface area contributed by atoms with Crippen LogP contribution in [-0.4, -0.2) is 52.2 Å². The third-order valence-electron chi connectivity index (χ3n) is 7.18. The number of rotatable bonds is 6. The van der Waals surface area contributed by atoms with Crippen molar-refractivity contribution >= 4 is 28.5 Å². The van der Waals surface area contributed by atoms with E-state index in [2.05, 4.69) is 5.32 Å². The number of fused-ring (bicyclic) bond motifs is 1. The van der Waals surface area contributed by atoms with Crippen molar-refractivity contribution in [1.82, 2.24) is 5.32 Å². The summed E-state index contributed by atoms with van der Waals surface area (Å²) in [5.74, 6) is -1.53. The number of carbonyl (C=O) groups is 2. The second-order valence-corrected chi connectivity index (χ2v) is 11.3. The molecule has 4 rings (SSSR count). The molecule has 1 fully saturated rings. The summed E-state index contributed by atoms with van der Waals surface area (Å²) in [6.45, 7) is 3.39. The molecule has 4 atom stereocenters. The monoisotopic (exact) mass is 592 g/mol. The fourth-order valence-corrected chi connectivity index (χ4v) is 6.19. The van der Waals surface area contributed by atoms with Gasteiger partial charge in [-0.25, -0.2) is 4.21 Å². The molecule has 2 aliphatic heterocycles. The molecule has 1 amide bonds. The first-order valence-corrected chi connectivity index (χ1v) is 13.4. The van der Waals surface area contributed by atoms with Crippen LogP contribution in [0.3, 0.4) is 0 Å². The normalized spacial score (nSPS) is 22.5. The quantitative estimate of drug-likeness (QED) is 0.387. The van der Waals surface area contributed by atoms with Crippen molar-refractivity contribution in [2.75, 3.05) is 10.9 Å². The number of nitrogens with one attached hydrogen (secondary N) is 1. The second-order valence-electron chi connectivity index (χ2n) is 9.93. The number of ether oxygens (including phenoxy) is 1. The van der Waals surface area contributed by atoms with Crippen molar-refractivity contribution in [2.24, 2.45) is 5.92 Å². The van der Waals surface area contributed by atoms with Gasteiger partial charge in [-0.05, 0) is 50.5 Å². The van der Waals surface area contributed by atoms with Crippen molar-refractivity contribution in [1.29, 1.82) is 0 Å². The van der Waals surface area contributed by atoms with Crippen LogP contribution in [-0.2, 0) is 37.3 Å². The molecule has 0 radical (unpaired) electrons. The number of anilines is 1. The summed E-state index contributed by atoms with van der Waals surface area (Å²) in [5.41, 5.74) is -5.58. The standard InChI is InChI=1S/C26H26F6N2O5S/c1-14-3-8-19(9-4-14)40(38)34-18(12-22(35)33-20-13-39-23(36)15(20)2)7-5-16-11-17(6-10-21(16)34)24(37,25(27,28)29)26(30,31)32/h3-4,6,8-11,15,18,20,37H,5,7,12-13H2,1-2H3,(H,33,35)/t15?,18-,20?,40?/m0/s1. The van der Waals surface area contributed by atoms with E-state index in [9.17, 15) is 45.2 Å². The van der Waals surface area contributed by atoms with E-state index < -0.39 is 64.4 Å². The van der Waals surface area contributed by atoms with Crippen molar-refractivity contribution in [3.63, 3.8) is 0 Å². The summed E-state index contributed by atoms with van der Waals surface area (Å²) in [6, 6.07) is 7.27. The molecule has 0 aliphatic carbocycles. The Morgan fingerprint density at radius 1 is 1.10 bits per heavy atom. The summed E-state index contributed by atoms with van der Waals surface area (Å²) in [6.07, 6.45) is -12.3. The Kier molecular flexibility index (Phi) is 7.98. The maximum atomic E-state index is 13.7. The van der Waals surface area contributed by atoms with E-state index in [1.807, 2.05) is 0 Å². The summed E-state index contributed by atoms with van der Waals surface area (Å²) >= 11 is 0. The zero-order chi connectivity index (χ0) is 29.6. The SMILES string of the molecule is Cc1ccc(S(=O)N2c3ccc(C(O)(C(F)(F)F)C(F)(F)F)cc3CC[C@H]2CC(=O)NC2COC(=O)C2C)cc1. The minimum Gasteiger partial charge on any atom is -0.463 e. The van der Waals surface area contributed by atoms with E-state index in [1.165, 1.54) is 4.31 Å². The highest BCUT2D eigenvalue weighted by Crippen LogP contribution is 2.51. The van der Waals surface area contributed by atoms with Crippen LogP contribution in [0.5, 0.6) is 0 Å². The highest BCUT2D eigenvalue weighted by Gasteiger charge is 2.71. The van der Waals surface area contributed by atoms with E-state index in [-0.39, 0.29) is 37.1 Å². The minimum atomic E-state index is -6.05. The first-order valence-electron chi connectivity index (χ1n) is 12.3. The van der Waals surface area contributed by atoms with Gasteiger partial charge in [0, 0.05) is 12.0 Å². The molecule has 2 aromatic rings. The molecule has 2 heterocycles. The van der Waals surface area contributed by atoms with Crippen LogP contribution >= 0.6 is 0 Å². The number of esters is 1. The number of amides is 1. The molecule has 0 aromatic heterocycles. The van der Waals surface area contributed by atoms with Crippen LogP contribution in [0, 0.1) is 12.8 Å². The number of cyclic esters (lactones) is 1. The number of hydrogen-bond donors (Lipinski definition) is 2. The first-order chi connectivity index (χ1) is 18.5. The van der Waals surface area contributed by atoms with Gasteiger partial charge in [-0.1, -0.05) is 29.8 Å². The van der Waals surface area contributed by atoms with Crippen molar-refractivity contribution in [2.45, 2.75) is 68.0 Å². The van der Waals surface area contributed by atoms with Crippen molar-refractivity contribution in [3.8, 4) is 0 Å². The molecule has 0 saturated carbocycles. The fraction of sp³-hybridized carbons (Fsp3) is 0.462. The summed E-state index contributed by atoms with van der Waals surface area (Å²) in [5, 5.41) is 12.6. The minimum absolute atomic E-state index is 0.00459. The van der Waals surface area contributed by atoms with Crippen molar-refractivity contribution < 1.29 is 50.0 Å². The van der Waals surface area contributed by atoms with Crippen LogP contribution in [0.4, 0.5) is 32.0 Å². The largest absolute Gasteiger partial charge is 0.463 e. The number of hydrogen-bond acceptors (Lipinski definition) is 5. The van der Waals surface area contributed by atoms with Gasteiger partial charge in [-0.3, -0.25) is 13.9 Å². The number of aryl methyl sites for hydroxylation is 2. The third kappa shape index (κ3) is 5.42. The van der Waals surface area contributed by atoms with Gasteiger partial charge in [0.05, 0.1) is 28.6 Å². The second kappa shape index (κ2) is 10.7. The number of benzene rings is 2. The molecule has 0 bridgehead atoms. The Bertz CT molecular complexity index is 1300. The van der Waals surface area contributed by atoms with E-state index in [4.69, 9.17) is 4.74 Å². The average Bonchev–Trinajstić information content (AvgIpc) is 3.18. The molecule has 14 heteroatoms. The van der Waals surface area contributed by atoms with E-state index in [1.54, 1.807) is 38.1 Å². The first kappa shape index (κ1) is 29.8. The molecule has 40 heavy (non-hydrogen) atoms. The molecule has 2 N–H and O–H groups in total. The lowest BCUT2D eigenvalue weighted by atomic mass is 9.87. The van der Waals surface area contributed by atoms with E-state index in [0.717, 1.165) is 11.6 Å². The van der Waals surface area contributed by atoms with E-state index in [0.29, 0.717) is 17.0 Å². The van der Waals surface area contributed by atoms with Gasteiger partial charge < -0.3 is 15.2 Å². The van der Waals surface area contributed by atoms with Gasteiger partial charge in [0.1, 0.15) is 6.61 Å². The lowest BCUT2D eigenvalue weighted by molar-refractivity contribution is -0.376. The number of alkyl halides is 6. The average molecular weight is 593 g/mol. The van der Waals surface area contributed by atoms with Crippen LogP contribution < -0.4 is 9.62 Å². The summed E-state index contributed by atoms with van der Waals surface area (Å²) in [4.78, 5) is 24.9. The Balaban J connectivity index is 1.71. The Hall–Kier alpha value is -3.13. The molecule has 0 spiro atoms. The Morgan fingerprint density at radius 2 is 1.73 bits per heavy atom. The molecule has 1 saturated heterocycles. The predicted molar refractivity (Wildman–Crippen MR) is 131 cm³/mol. The predicted octanol–water partition coefficient (Wildman–Crippen LogP) is 4.22. The highest BCUT2D eigenvalue weighted by molar-refractivity contribution is 7.86. The Morgan fingerprint density at radius 3 is 2.27 bits per heavy atom. The van der Waals surface area contributed by atoms with Crippen molar-refractivity contribution in [3.05, 3.63) is 59.2 Å². The Labute approximate surface area is 228 Å². The zero-order valence-corrected chi connectivity index (χ0v) is 22.1. The lowest BCUT2D eigenvalue weighted by Crippen LogP contribution is -2.54. The maximum Gasteiger partial charge on any atom is 0.430 e. The van der Waals surface area contributed by atoms with Gasteiger partial charge in [-0.2, -0.15) is 26.3 Å². The van der Waals surface area contributed by atoms with Gasteiger partial charge in [0.15, 0.2) is 11.0 Å². The topological polar surface area (TPSA) is 95.9 Å². The van der Waals surface area contributed by atoms with Gasteiger partial charge >= 0.3 is 18.3 Å². The molecule has 7 nitrogen and oxygen atoms in total. The van der Waals surface area contributed by atoms with Gasteiger partial charge in [-0.15, -0.1) is 0 Å². The molecule has 2 aromatic carbocycles. The smallest absolute Gasteiger partial charge is 0.430 e. The zero-order valence-electron chi connectivity index (χ0n) is 21.3. The van der Waals surface area contributed by atoms with Crippen LogP contribution in [0.15, 0.2) is 47.4 Å². The highest BCUT2D eigenvalue weighted by atomic mass is 32.2. The molecule has 3 unspecified atom stereocenters. The molecular formula is C26H26F6N2O5S. The lowest BCUT2D eigenvalue weighted by Gasteiger charge is -2.39. The van der Waals surface area contributed by atoms with Crippen LogP contribution in [0.2, 0.25) is 0 Å². The summed E-state index contributed by atoms with van der Waals surface area (Å²) < 4.78 is 101. The number of carbonyl (C=O) groups excluding carboxylic acids is 2. The third-order valence-corrected chi connectivity index (χ3v) is 8.71. The molecular weight excluding hydrogens is 566 g/mol.